The summed E-state index contributed by atoms with van der Waals surface area (Å²) >= 11 is 13.7. The Labute approximate surface area is 260 Å². The van der Waals surface area contributed by atoms with E-state index in [0.29, 0.717) is 11.6 Å². The summed E-state index contributed by atoms with van der Waals surface area (Å²) in [5.74, 6) is 0. The average Bonchev–Trinajstić information content (AvgIpc) is 3.27. The average molecular weight is 703 g/mol. The Balaban J connectivity index is 0.000000176. The minimum atomic E-state index is -0.498. The maximum atomic E-state index is 11.7. The summed E-state index contributed by atoms with van der Waals surface area (Å²) in [5, 5.41) is 1.50. The van der Waals surface area contributed by atoms with E-state index < -0.39 is 5.60 Å². The Morgan fingerprint density at radius 2 is 1.52 bits per heavy atom. The van der Waals surface area contributed by atoms with Crippen LogP contribution in [-0.2, 0) is 14.3 Å². The lowest BCUT2D eigenvalue weighted by atomic mass is 9.94. The van der Waals surface area contributed by atoms with Crippen LogP contribution in [0, 0.1) is 3.57 Å². The molecule has 3 fully saturated rings. The normalized spacial score (nSPS) is 22.1. The molecule has 0 aromatic heterocycles. The molecule has 0 bridgehead atoms. The second-order valence-corrected chi connectivity index (χ2v) is 13.0. The highest BCUT2D eigenvalue weighted by Gasteiger charge is 2.43. The zero-order chi connectivity index (χ0) is 29.3. The summed E-state index contributed by atoms with van der Waals surface area (Å²) in [6.45, 7) is 6.92. The first kappa shape index (κ1) is 32.5. The smallest absolute Gasteiger partial charge is 0.410 e. The Hall–Kier alpha value is -2.04. The minimum absolute atomic E-state index is 0.125. The van der Waals surface area contributed by atoms with E-state index in [1.54, 1.807) is 0 Å². The van der Waals surface area contributed by atoms with E-state index >= 15 is 0 Å². The number of halogens is 3. The molecule has 3 unspecified atom stereocenters. The van der Waals surface area contributed by atoms with Crippen LogP contribution < -0.4 is 0 Å². The summed E-state index contributed by atoms with van der Waals surface area (Å²) in [5.41, 5.74) is 0.541. The zero-order valence-electron chi connectivity index (χ0n) is 23.2. The highest BCUT2D eigenvalue weighted by atomic mass is 127. The molecular weight excluding hydrogens is 666 g/mol. The molecule has 0 saturated carbocycles. The van der Waals surface area contributed by atoms with Gasteiger partial charge in [0.05, 0.1) is 12.1 Å². The molecule has 40 heavy (non-hydrogen) atoms. The molecule has 2 aromatic rings. The number of carbonyl (C=O) groups excluding carboxylic acids is 3. The number of fused-ring (bicyclic) bond motifs is 1. The number of benzene rings is 2. The molecule has 0 radical (unpaired) electrons. The maximum Gasteiger partial charge on any atom is 0.410 e. The Bertz CT molecular complexity index is 1100. The van der Waals surface area contributed by atoms with Gasteiger partial charge >= 0.3 is 12.2 Å². The second-order valence-electron chi connectivity index (χ2n) is 10.9. The summed E-state index contributed by atoms with van der Waals surface area (Å²) in [4.78, 5) is 37.6. The highest BCUT2D eigenvalue weighted by Crippen LogP contribution is 2.37. The van der Waals surface area contributed by atoms with Gasteiger partial charge in [-0.1, -0.05) is 35.3 Å². The number of ether oxygens (including phenoxy) is 2. The number of hydrogen-bond donors (Lipinski definition) is 0. The number of nitrogens with zero attached hydrogens (tertiary/aromatic N) is 2. The number of rotatable bonds is 2. The van der Waals surface area contributed by atoms with Gasteiger partial charge in [0.1, 0.15) is 18.0 Å². The van der Waals surface area contributed by atoms with E-state index in [1.165, 1.54) is 14.9 Å². The molecule has 7 nitrogen and oxygen atoms in total. The van der Waals surface area contributed by atoms with Gasteiger partial charge in [0.15, 0.2) is 0 Å². The molecule has 10 heteroatoms. The van der Waals surface area contributed by atoms with Crippen LogP contribution in [0.25, 0.3) is 0 Å². The maximum absolute atomic E-state index is 11.7. The number of aldehydes is 1. The summed E-state index contributed by atoms with van der Waals surface area (Å²) in [6.07, 6.45) is 6.15. The van der Waals surface area contributed by atoms with E-state index in [1.807, 2.05) is 74.2 Å². The van der Waals surface area contributed by atoms with Crippen molar-refractivity contribution >= 4 is 64.3 Å². The van der Waals surface area contributed by atoms with Gasteiger partial charge < -0.3 is 19.2 Å². The molecule has 2 aromatic carbocycles. The highest BCUT2D eigenvalue weighted by molar-refractivity contribution is 14.1. The van der Waals surface area contributed by atoms with Gasteiger partial charge in [-0.3, -0.25) is 4.90 Å². The summed E-state index contributed by atoms with van der Waals surface area (Å²) in [6, 6.07) is 15.2. The van der Waals surface area contributed by atoms with E-state index in [9.17, 15) is 14.4 Å². The number of carbonyl (C=O) groups is 3. The van der Waals surface area contributed by atoms with Crippen molar-refractivity contribution in [1.29, 1.82) is 0 Å². The fourth-order valence-electron chi connectivity index (χ4n) is 4.77. The molecule has 3 saturated heterocycles. The fourth-order valence-corrected chi connectivity index (χ4v) is 5.38. The predicted octanol–water partition coefficient (Wildman–Crippen LogP) is 8.31. The van der Waals surface area contributed by atoms with Crippen molar-refractivity contribution in [2.75, 3.05) is 13.1 Å². The molecule has 3 heterocycles. The Morgan fingerprint density at radius 3 is 2.10 bits per heavy atom. The van der Waals surface area contributed by atoms with Crippen molar-refractivity contribution in [3.63, 3.8) is 0 Å². The van der Waals surface area contributed by atoms with Gasteiger partial charge in [0.25, 0.3) is 0 Å². The van der Waals surface area contributed by atoms with E-state index in [0.717, 1.165) is 55.5 Å². The number of likely N-dealkylation sites (tertiary alicyclic amines) is 1. The van der Waals surface area contributed by atoms with Crippen LogP contribution >= 0.6 is 45.8 Å². The number of piperidine rings is 2. The molecule has 0 aliphatic carbocycles. The summed E-state index contributed by atoms with van der Waals surface area (Å²) < 4.78 is 11.9. The standard InChI is InChI=1S/C13H14ClNO2.C11H19NO3.C6H4ClI/c14-10-6-4-9(5-7-10)12-11-3-1-2-8-15(11)13(16)17-12;1-11(2,3)15-10(14)12-7-5-4-6-9(12)8-13;7-5-1-3-6(8)4-2-5/h4-7,11-12H,1-3,8H2;8-9H,4-7H2,1-3H3;1-4H. The molecule has 3 atom stereocenters. The van der Waals surface area contributed by atoms with Crippen molar-refractivity contribution < 1.29 is 23.9 Å². The molecule has 0 spiro atoms. The van der Waals surface area contributed by atoms with Gasteiger partial charge in [-0.25, -0.2) is 9.59 Å². The SMILES string of the molecule is CC(C)(C)OC(=O)N1CCCCC1C=O.Clc1ccc(I)cc1.O=C1OC(c2ccc(Cl)cc2)C2CCCCN12. The monoisotopic (exact) mass is 702 g/mol. The van der Waals surface area contributed by atoms with Crippen molar-refractivity contribution in [1.82, 2.24) is 9.80 Å². The lowest BCUT2D eigenvalue weighted by Gasteiger charge is -2.33. The van der Waals surface area contributed by atoms with Crippen LogP contribution in [-0.4, -0.2) is 59.0 Å². The van der Waals surface area contributed by atoms with Crippen molar-refractivity contribution in [3.05, 3.63) is 67.7 Å². The van der Waals surface area contributed by atoms with Crippen LogP contribution in [0.15, 0.2) is 48.5 Å². The van der Waals surface area contributed by atoms with Gasteiger partial charge in [0, 0.05) is 26.7 Å². The molecular formula is C30H37Cl2IN2O5. The third-order valence-corrected chi connectivity index (χ3v) is 7.92. The van der Waals surface area contributed by atoms with Crippen molar-refractivity contribution in [3.8, 4) is 0 Å². The first-order valence-corrected chi connectivity index (χ1v) is 15.4. The van der Waals surface area contributed by atoms with Gasteiger partial charge in [-0.15, -0.1) is 0 Å². The quantitative estimate of drug-likeness (QED) is 0.233. The lowest BCUT2D eigenvalue weighted by molar-refractivity contribution is -0.113. The van der Waals surface area contributed by atoms with Crippen LogP contribution in [0.1, 0.15) is 71.0 Å². The van der Waals surface area contributed by atoms with E-state index in [-0.39, 0.29) is 30.4 Å². The lowest BCUT2D eigenvalue weighted by Crippen LogP contribution is -2.46. The van der Waals surface area contributed by atoms with Gasteiger partial charge in [0.2, 0.25) is 0 Å². The summed E-state index contributed by atoms with van der Waals surface area (Å²) in [7, 11) is 0. The largest absolute Gasteiger partial charge is 0.444 e. The van der Waals surface area contributed by atoms with Crippen molar-refractivity contribution in [2.45, 2.75) is 83.1 Å². The zero-order valence-corrected chi connectivity index (χ0v) is 26.8. The van der Waals surface area contributed by atoms with E-state index in [2.05, 4.69) is 22.6 Å². The molecule has 3 aliphatic heterocycles. The fraction of sp³-hybridized carbons (Fsp3) is 0.500. The topological polar surface area (TPSA) is 76.1 Å². The number of hydrogen-bond acceptors (Lipinski definition) is 5. The third kappa shape index (κ3) is 9.80. The first-order chi connectivity index (χ1) is 19.0. The van der Waals surface area contributed by atoms with Crippen molar-refractivity contribution in [2.24, 2.45) is 0 Å². The molecule has 218 valence electrons. The number of cyclic esters (lactones) is 1. The van der Waals surface area contributed by atoms with E-state index in [4.69, 9.17) is 32.7 Å². The third-order valence-electron chi connectivity index (χ3n) is 6.70. The van der Waals surface area contributed by atoms with Crippen LogP contribution in [0.5, 0.6) is 0 Å². The number of amides is 2. The molecule has 5 rings (SSSR count). The van der Waals surface area contributed by atoms with Crippen LogP contribution in [0.3, 0.4) is 0 Å². The van der Waals surface area contributed by atoms with Gasteiger partial charge in [-0.2, -0.15) is 0 Å². The molecule has 3 aliphatic rings. The Morgan fingerprint density at radius 1 is 0.950 bits per heavy atom. The molecule has 0 N–H and O–H groups in total. The van der Waals surface area contributed by atoms with Crippen LogP contribution in [0.2, 0.25) is 10.0 Å². The first-order valence-electron chi connectivity index (χ1n) is 13.6. The predicted molar refractivity (Wildman–Crippen MR) is 166 cm³/mol. The second kappa shape index (κ2) is 15.3. The molecule has 2 amide bonds. The van der Waals surface area contributed by atoms with Gasteiger partial charge in [-0.05, 0) is 124 Å². The minimum Gasteiger partial charge on any atom is -0.444 e. The van der Waals surface area contributed by atoms with Crippen LogP contribution in [0.4, 0.5) is 9.59 Å². The Kier molecular flexibility index (Phi) is 12.4.